The molecule has 5 nitrogen and oxygen atoms in total. The molecule has 1 aromatic heterocycles. The molecule has 0 bridgehead atoms. The van der Waals surface area contributed by atoms with Crippen LogP contribution < -0.4 is 4.90 Å². The van der Waals surface area contributed by atoms with Crippen LogP contribution in [0.5, 0.6) is 0 Å². The Morgan fingerprint density at radius 3 is 2.71 bits per heavy atom. The van der Waals surface area contributed by atoms with Gasteiger partial charge in [0.1, 0.15) is 0 Å². The molecule has 1 atom stereocenters. The van der Waals surface area contributed by atoms with Crippen molar-refractivity contribution >= 4 is 28.3 Å². The van der Waals surface area contributed by atoms with E-state index in [1.807, 2.05) is 35.2 Å². The van der Waals surface area contributed by atoms with Crippen molar-refractivity contribution in [1.29, 1.82) is 0 Å². The first-order valence-electron chi connectivity index (χ1n) is 9.83. The van der Waals surface area contributed by atoms with Crippen LogP contribution in [0.1, 0.15) is 30.7 Å². The first-order chi connectivity index (χ1) is 13.8. The highest BCUT2D eigenvalue weighted by molar-refractivity contribution is 7.10. The monoisotopic (exact) mass is 390 g/mol. The van der Waals surface area contributed by atoms with Crippen molar-refractivity contribution in [2.75, 3.05) is 24.5 Å². The van der Waals surface area contributed by atoms with Gasteiger partial charge in [-0.25, -0.2) is 0 Å². The van der Waals surface area contributed by atoms with E-state index in [4.69, 9.17) is 4.98 Å². The molecular weight excluding hydrogens is 368 g/mol. The highest BCUT2D eigenvalue weighted by Crippen LogP contribution is 2.43. The largest absolute Gasteiger partial charge is 0.343 e. The lowest BCUT2D eigenvalue weighted by atomic mass is 9.98. The van der Waals surface area contributed by atoms with Crippen LogP contribution in [0, 0.1) is 0 Å². The normalized spacial score (nSPS) is 18.7. The maximum atomic E-state index is 11.9. The topological polar surface area (TPSA) is 49.3 Å². The minimum Gasteiger partial charge on any atom is -0.343 e. The number of fused-ring (bicyclic) bond motifs is 1. The number of carbonyl (C=O) groups excluding carboxylic acids is 1. The van der Waals surface area contributed by atoms with Crippen molar-refractivity contribution < 1.29 is 4.79 Å². The van der Waals surface area contributed by atoms with Gasteiger partial charge in [-0.1, -0.05) is 48.5 Å². The number of hydrogen-bond acceptors (Lipinski definition) is 5. The number of anilines is 2. The quantitative estimate of drug-likeness (QED) is 0.646. The van der Waals surface area contributed by atoms with Crippen molar-refractivity contribution in [3.8, 4) is 11.4 Å². The minimum atomic E-state index is 0.305. The number of rotatable bonds is 5. The average Bonchev–Trinajstić information content (AvgIpc) is 3.46. The predicted octanol–water partition coefficient (Wildman–Crippen LogP) is 4.45. The van der Waals surface area contributed by atoms with Gasteiger partial charge in [-0.3, -0.25) is 4.79 Å². The number of nitrogens with zero attached hydrogens (tertiary/aromatic N) is 4. The maximum Gasteiger partial charge on any atom is 0.222 e. The predicted molar refractivity (Wildman–Crippen MR) is 112 cm³/mol. The van der Waals surface area contributed by atoms with Crippen molar-refractivity contribution in [2.45, 2.75) is 25.2 Å². The van der Waals surface area contributed by atoms with Gasteiger partial charge in [-0.05, 0) is 24.5 Å². The Labute approximate surface area is 168 Å². The lowest BCUT2D eigenvalue weighted by Crippen LogP contribution is -2.27. The molecule has 0 radical (unpaired) electrons. The molecule has 0 spiro atoms. The zero-order valence-corrected chi connectivity index (χ0v) is 16.4. The van der Waals surface area contributed by atoms with E-state index in [1.165, 1.54) is 22.8 Å². The summed E-state index contributed by atoms with van der Waals surface area (Å²) in [6.07, 6.45) is 2.70. The van der Waals surface area contributed by atoms with Gasteiger partial charge in [-0.2, -0.15) is 9.36 Å². The number of aromatic nitrogens is 2. The summed E-state index contributed by atoms with van der Waals surface area (Å²) in [4.78, 5) is 21.1. The van der Waals surface area contributed by atoms with E-state index < -0.39 is 0 Å². The maximum absolute atomic E-state index is 11.9. The zero-order chi connectivity index (χ0) is 18.9. The molecule has 142 valence electrons. The molecule has 0 N–H and O–H groups in total. The van der Waals surface area contributed by atoms with Crippen LogP contribution in [-0.4, -0.2) is 39.8 Å². The molecule has 1 amide bonds. The van der Waals surface area contributed by atoms with Crippen LogP contribution in [0.3, 0.4) is 0 Å². The van der Waals surface area contributed by atoms with Gasteiger partial charge in [0.05, 0.1) is 0 Å². The molecule has 0 aliphatic carbocycles. The Balaban J connectivity index is 1.37. The molecule has 6 heteroatoms. The molecule has 2 aliphatic heterocycles. The first-order valence-corrected chi connectivity index (χ1v) is 10.6. The van der Waals surface area contributed by atoms with E-state index in [9.17, 15) is 4.79 Å². The van der Waals surface area contributed by atoms with Gasteiger partial charge in [-0.15, -0.1) is 0 Å². The summed E-state index contributed by atoms with van der Waals surface area (Å²) in [5.74, 6) is 1.50. The number of likely N-dealkylation sites (tertiary alicyclic amines) is 1. The smallest absolute Gasteiger partial charge is 0.222 e. The van der Waals surface area contributed by atoms with E-state index in [-0.39, 0.29) is 0 Å². The number of amides is 1. The Hall–Kier alpha value is -2.73. The number of carbonyl (C=O) groups is 1. The highest BCUT2D eigenvalue weighted by atomic mass is 32.1. The second-order valence-electron chi connectivity index (χ2n) is 7.41. The standard InChI is InChI=1S/C22H22N4OS/c27-20-11-6-13-25(20)14-12-17-15-26(19-10-5-4-9-18(17)19)22-23-21(24-28-22)16-7-2-1-3-8-16/h1-5,7-10,17H,6,11-15H2. The Morgan fingerprint density at radius 1 is 1.07 bits per heavy atom. The summed E-state index contributed by atoms with van der Waals surface area (Å²) >= 11 is 1.45. The molecule has 1 unspecified atom stereocenters. The van der Waals surface area contributed by atoms with Gasteiger partial charge in [0.25, 0.3) is 0 Å². The van der Waals surface area contributed by atoms with Crippen LogP contribution in [0.2, 0.25) is 0 Å². The SMILES string of the molecule is O=C1CCCN1CCC1CN(c2nc(-c3ccccc3)ns2)c2ccccc21. The van der Waals surface area contributed by atoms with E-state index in [1.54, 1.807) is 0 Å². The molecule has 1 saturated heterocycles. The van der Waals surface area contributed by atoms with Gasteiger partial charge in [0, 0.05) is 54.8 Å². The molecule has 2 aliphatic rings. The fourth-order valence-corrected chi connectivity index (χ4v) is 4.92. The molecule has 3 heterocycles. The van der Waals surface area contributed by atoms with Crippen molar-refractivity contribution in [3.05, 3.63) is 60.2 Å². The summed E-state index contributed by atoms with van der Waals surface area (Å²) in [6, 6.07) is 18.7. The first kappa shape index (κ1) is 17.4. The Bertz CT molecular complexity index is 987. The van der Waals surface area contributed by atoms with Crippen LogP contribution in [0.4, 0.5) is 10.8 Å². The van der Waals surface area contributed by atoms with Gasteiger partial charge in [0.15, 0.2) is 5.82 Å². The summed E-state index contributed by atoms with van der Waals surface area (Å²) in [5, 5.41) is 0.936. The van der Waals surface area contributed by atoms with Crippen LogP contribution in [0.25, 0.3) is 11.4 Å². The number of para-hydroxylation sites is 1. The second kappa shape index (κ2) is 7.36. The Morgan fingerprint density at radius 2 is 1.89 bits per heavy atom. The third kappa shape index (κ3) is 3.18. The summed E-state index contributed by atoms with van der Waals surface area (Å²) < 4.78 is 4.58. The van der Waals surface area contributed by atoms with Gasteiger partial charge in [0.2, 0.25) is 11.0 Å². The van der Waals surface area contributed by atoms with E-state index >= 15 is 0 Å². The molecule has 3 aromatic rings. The lowest BCUT2D eigenvalue weighted by molar-refractivity contribution is -0.127. The highest BCUT2D eigenvalue weighted by Gasteiger charge is 2.32. The molecule has 28 heavy (non-hydrogen) atoms. The van der Waals surface area contributed by atoms with E-state index in [2.05, 4.69) is 33.5 Å². The molecule has 0 saturated carbocycles. The average molecular weight is 391 g/mol. The van der Waals surface area contributed by atoms with Gasteiger partial charge >= 0.3 is 0 Å². The minimum absolute atomic E-state index is 0.305. The van der Waals surface area contributed by atoms with E-state index in [0.29, 0.717) is 18.2 Å². The third-order valence-corrected chi connectivity index (χ3v) is 6.41. The summed E-state index contributed by atoms with van der Waals surface area (Å²) in [5.41, 5.74) is 3.61. The van der Waals surface area contributed by atoms with Crippen LogP contribution in [0.15, 0.2) is 54.6 Å². The number of hydrogen-bond donors (Lipinski definition) is 0. The molecule has 2 aromatic carbocycles. The van der Waals surface area contributed by atoms with Crippen molar-refractivity contribution in [1.82, 2.24) is 14.3 Å². The lowest BCUT2D eigenvalue weighted by Gasteiger charge is -2.19. The zero-order valence-electron chi connectivity index (χ0n) is 15.6. The summed E-state index contributed by atoms with van der Waals surface area (Å²) in [7, 11) is 0. The van der Waals surface area contributed by atoms with Crippen molar-refractivity contribution in [2.24, 2.45) is 0 Å². The van der Waals surface area contributed by atoms with Gasteiger partial charge < -0.3 is 9.80 Å². The van der Waals surface area contributed by atoms with Crippen LogP contribution >= 0.6 is 11.5 Å². The van der Waals surface area contributed by atoms with E-state index in [0.717, 1.165) is 49.0 Å². The second-order valence-corrected chi connectivity index (χ2v) is 8.14. The fraction of sp³-hybridized carbons (Fsp3) is 0.318. The third-order valence-electron chi connectivity index (χ3n) is 5.67. The number of benzene rings is 2. The fourth-order valence-electron chi connectivity index (χ4n) is 4.21. The van der Waals surface area contributed by atoms with Crippen molar-refractivity contribution in [3.63, 3.8) is 0 Å². The molecule has 5 rings (SSSR count). The molecule has 1 fully saturated rings. The Kier molecular flexibility index (Phi) is 4.56. The van der Waals surface area contributed by atoms with Crippen LogP contribution in [-0.2, 0) is 4.79 Å². The molecular formula is C22H22N4OS. The summed E-state index contributed by atoms with van der Waals surface area (Å²) in [6.45, 7) is 2.65.